The highest BCUT2D eigenvalue weighted by Gasteiger charge is 2.25. The van der Waals surface area contributed by atoms with Gasteiger partial charge in [-0.25, -0.2) is 26.9 Å². The number of nitrogens with one attached hydrogen (secondary N) is 2. The fourth-order valence-electron chi connectivity index (χ4n) is 2.63. The standard InChI is InChI=1S/C16H16BrF2N5O4S/c1-27-14-10(5-8(19)6-18)15(28-2)23-16(22-14)24-29(25,26)11-7-20-13-9(11)3-4-12(17)21-13/h3-4,7-8H,5-6H2,1-2H3,(H,20,21)(H,22,23,24). The Labute approximate surface area is 173 Å². The molecule has 13 heteroatoms. The molecule has 0 radical (unpaired) electrons. The predicted molar refractivity (Wildman–Crippen MR) is 104 cm³/mol. The molecule has 0 saturated heterocycles. The van der Waals surface area contributed by atoms with Crippen molar-refractivity contribution in [2.24, 2.45) is 0 Å². The van der Waals surface area contributed by atoms with E-state index >= 15 is 0 Å². The van der Waals surface area contributed by atoms with E-state index in [4.69, 9.17) is 9.47 Å². The van der Waals surface area contributed by atoms with E-state index in [0.717, 1.165) is 0 Å². The first-order valence-corrected chi connectivity index (χ1v) is 10.4. The number of hydrogen-bond donors (Lipinski definition) is 2. The average Bonchev–Trinajstić information content (AvgIpc) is 3.12. The fraction of sp³-hybridized carbons (Fsp3) is 0.312. The molecule has 2 N–H and O–H groups in total. The average molecular weight is 492 g/mol. The number of sulfonamides is 1. The summed E-state index contributed by atoms with van der Waals surface area (Å²) < 4.78 is 64.7. The van der Waals surface area contributed by atoms with Crippen LogP contribution in [0.1, 0.15) is 5.56 Å². The van der Waals surface area contributed by atoms with Crippen LogP contribution in [0.4, 0.5) is 14.7 Å². The van der Waals surface area contributed by atoms with E-state index in [1.165, 1.54) is 20.4 Å². The summed E-state index contributed by atoms with van der Waals surface area (Å²) in [6, 6.07) is 3.19. The predicted octanol–water partition coefficient (Wildman–Crippen LogP) is 2.78. The van der Waals surface area contributed by atoms with Gasteiger partial charge in [-0.05, 0) is 28.1 Å². The van der Waals surface area contributed by atoms with Crippen LogP contribution in [0.15, 0.2) is 27.8 Å². The number of ether oxygens (including phenoxy) is 2. The van der Waals surface area contributed by atoms with Gasteiger partial charge in [0, 0.05) is 18.0 Å². The van der Waals surface area contributed by atoms with Gasteiger partial charge in [-0.1, -0.05) is 0 Å². The normalized spacial score (nSPS) is 12.7. The molecule has 9 nitrogen and oxygen atoms in total. The third-order valence-corrected chi connectivity index (χ3v) is 5.70. The van der Waals surface area contributed by atoms with Crippen LogP contribution >= 0.6 is 15.9 Å². The van der Waals surface area contributed by atoms with Gasteiger partial charge in [0.15, 0.2) is 0 Å². The number of methoxy groups -OCH3 is 2. The number of fused-ring (bicyclic) bond motifs is 1. The second kappa shape index (κ2) is 8.45. The number of anilines is 1. The van der Waals surface area contributed by atoms with Crippen LogP contribution in [-0.2, 0) is 16.4 Å². The van der Waals surface area contributed by atoms with Gasteiger partial charge in [-0.3, -0.25) is 0 Å². The molecular weight excluding hydrogens is 476 g/mol. The lowest BCUT2D eigenvalue weighted by Gasteiger charge is -2.14. The van der Waals surface area contributed by atoms with Crippen molar-refractivity contribution in [1.82, 2.24) is 19.9 Å². The van der Waals surface area contributed by atoms with Crippen molar-refractivity contribution in [3.05, 3.63) is 28.5 Å². The molecule has 29 heavy (non-hydrogen) atoms. The third kappa shape index (κ3) is 4.40. The highest BCUT2D eigenvalue weighted by molar-refractivity contribution is 9.10. The molecule has 0 aliphatic heterocycles. The van der Waals surface area contributed by atoms with Crippen LogP contribution in [0, 0.1) is 0 Å². The summed E-state index contributed by atoms with van der Waals surface area (Å²) in [7, 11) is -1.59. The molecule has 0 bridgehead atoms. The summed E-state index contributed by atoms with van der Waals surface area (Å²) >= 11 is 3.21. The highest BCUT2D eigenvalue weighted by Crippen LogP contribution is 2.30. The lowest BCUT2D eigenvalue weighted by Crippen LogP contribution is -2.17. The van der Waals surface area contributed by atoms with E-state index in [2.05, 4.69) is 40.6 Å². The zero-order valence-corrected chi connectivity index (χ0v) is 17.6. The Morgan fingerprint density at radius 2 is 1.86 bits per heavy atom. The zero-order valence-electron chi connectivity index (χ0n) is 15.2. The number of alkyl halides is 2. The molecular formula is C16H16BrF2N5O4S. The summed E-state index contributed by atoms with van der Waals surface area (Å²) in [6.07, 6.45) is -0.912. The quantitative estimate of drug-likeness (QED) is 0.464. The van der Waals surface area contributed by atoms with Gasteiger partial charge in [0.25, 0.3) is 10.0 Å². The summed E-state index contributed by atoms with van der Waals surface area (Å²) in [4.78, 5) is 14.8. The molecule has 0 amide bonds. The van der Waals surface area contributed by atoms with Gasteiger partial charge in [0.05, 0.1) is 19.8 Å². The summed E-state index contributed by atoms with van der Waals surface area (Å²) in [5.74, 6) is -0.608. The number of nitrogens with zero attached hydrogens (tertiary/aromatic N) is 3. The third-order valence-electron chi connectivity index (χ3n) is 3.89. The first-order valence-electron chi connectivity index (χ1n) is 8.14. The Hall–Kier alpha value is -2.54. The zero-order chi connectivity index (χ0) is 21.2. The molecule has 0 spiro atoms. The maximum atomic E-state index is 13.5. The molecule has 156 valence electrons. The molecule has 1 unspecified atom stereocenters. The smallest absolute Gasteiger partial charge is 0.266 e. The number of halogens is 3. The molecule has 1 atom stereocenters. The molecule has 0 saturated carbocycles. The van der Waals surface area contributed by atoms with Crippen LogP contribution < -0.4 is 14.2 Å². The molecule has 0 aliphatic carbocycles. The van der Waals surface area contributed by atoms with Crippen molar-refractivity contribution < 1.29 is 26.7 Å². The SMILES string of the molecule is COc1nc(NS(=O)(=O)c2c[nH]c3nc(Br)ccc23)nc(OC)c1CC(F)CF. The summed E-state index contributed by atoms with van der Waals surface area (Å²) in [6.45, 7) is -1.20. The maximum absolute atomic E-state index is 13.5. The van der Waals surface area contributed by atoms with Crippen LogP contribution in [0.25, 0.3) is 11.0 Å². The second-order valence-electron chi connectivity index (χ2n) is 5.79. The van der Waals surface area contributed by atoms with E-state index < -0.39 is 29.3 Å². The number of rotatable bonds is 8. The van der Waals surface area contributed by atoms with Crippen LogP contribution in [0.5, 0.6) is 11.8 Å². The van der Waals surface area contributed by atoms with E-state index in [0.29, 0.717) is 15.6 Å². The molecule has 0 aliphatic rings. The van der Waals surface area contributed by atoms with E-state index in [9.17, 15) is 17.2 Å². The fourth-order valence-corrected chi connectivity index (χ4v) is 4.05. The molecule has 3 rings (SSSR count). The van der Waals surface area contributed by atoms with Crippen LogP contribution in [0.3, 0.4) is 0 Å². The lowest BCUT2D eigenvalue weighted by molar-refractivity contribution is 0.253. The Morgan fingerprint density at radius 3 is 2.45 bits per heavy atom. The minimum absolute atomic E-state index is 0.0700. The monoisotopic (exact) mass is 491 g/mol. The van der Waals surface area contributed by atoms with Crippen molar-refractivity contribution in [1.29, 1.82) is 0 Å². The molecule has 3 aromatic heterocycles. The summed E-state index contributed by atoms with van der Waals surface area (Å²) in [5.41, 5.74) is 0.454. The van der Waals surface area contributed by atoms with Gasteiger partial charge in [0.2, 0.25) is 17.7 Å². The topological polar surface area (TPSA) is 119 Å². The first kappa shape index (κ1) is 21.2. The number of aromatic nitrogens is 4. The number of pyridine rings is 1. The Balaban J connectivity index is 2.00. The van der Waals surface area contributed by atoms with E-state index in [1.807, 2.05) is 0 Å². The lowest BCUT2D eigenvalue weighted by atomic mass is 10.1. The molecule has 3 aromatic rings. The first-order chi connectivity index (χ1) is 13.8. The second-order valence-corrected chi connectivity index (χ2v) is 8.25. The largest absolute Gasteiger partial charge is 0.481 e. The minimum atomic E-state index is -4.11. The Morgan fingerprint density at radius 1 is 1.21 bits per heavy atom. The van der Waals surface area contributed by atoms with Crippen LogP contribution in [-0.4, -0.2) is 55.4 Å². The van der Waals surface area contributed by atoms with Crippen molar-refractivity contribution in [3.63, 3.8) is 0 Å². The van der Waals surface area contributed by atoms with E-state index in [1.54, 1.807) is 12.1 Å². The number of aromatic amines is 1. The highest BCUT2D eigenvalue weighted by atomic mass is 79.9. The minimum Gasteiger partial charge on any atom is -0.481 e. The molecule has 0 fully saturated rings. The van der Waals surface area contributed by atoms with Gasteiger partial charge < -0.3 is 14.5 Å². The van der Waals surface area contributed by atoms with Gasteiger partial charge in [-0.15, -0.1) is 0 Å². The van der Waals surface area contributed by atoms with Crippen molar-refractivity contribution in [3.8, 4) is 11.8 Å². The van der Waals surface area contributed by atoms with Gasteiger partial charge in [-0.2, -0.15) is 9.97 Å². The maximum Gasteiger partial charge on any atom is 0.266 e. The van der Waals surface area contributed by atoms with Crippen molar-refractivity contribution >= 4 is 42.9 Å². The van der Waals surface area contributed by atoms with E-state index in [-0.39, 0.29) is 28.2 Å². The Bertz CT molecular complexity index is 1120. The van der Waals surface area contributed by atoms with Crippen molar-refractivity contribution in [2.45, 2.75) is 17.5 Å². The van der Waals surface area contributed by atoms with Crippen LogP contribution in [0.2, 0.25) is 0 Å². The van der Waals surface area contributed by atoms with Gasteiger partial charge >= 0.3 is 0 Å². The summed E-state index contributed by atoms with van der Waals surface area (Å²) in [5, 5.41) is 0.361. The molecule has 0 aromatic carbocycles. The Kier molecular flexibility index (Phi) is 6.17. The number of hydrogen-bond acceptors (Lipinski definition) is 7. The molecule has 3 heterocycles. The number of H-pyrrole nitrogens is 1. The van der Waals surface area contributed by atoms with Crippen molar-refractivity contribution in [2.75, 3.05) is 25.6 Å². The van der Waals surface area contributed by atoms with Gasteiger partial charge in [0.1, 0.15) is 28.0 Å².